The molecule has 1 aliphatic rings. The van der Waals surface area contributed by atoms with Crippen LogP contribution in [-0.4, -0.2) is 10.2 Å². The van der Waals surface area contributed by atoms with E-state index in [0.29, 0.717) is 12.2 Å². The smallest absolute Gasteiger partial charge is 0.127 e. The SMILES string of the molecule is Oc1cccc(C2C[C@H](O)c3cc(Br)ccc3O2)c1. The van der Waals surface area contributed by atoms with E-state index in [4.69, 9.17) is 4.74 Å². The zero-order valence-electron chi connectivity index (χ0n) is 10.1. The van der Waals surface area contributed by atoms with Crippen LogP contribution >= 0.6 is 15.9 Å². The highest BCUT2D eigenvalue weighted by Gasteiger charge is 2.28. The summed E-state index contributed by atoms with van der Waals surface area (Å²) in [7, 11) is 0. The van der Waals surface area contributed by atoms with Crippen molar-refractivity contribution in [3.8, 4) is 11.5 Å². The number of fused-ring (bicyclic) bond motifs is 1. The first kappa shape index (κ1) is 12.5. The summed E-state index contributed by atoms with van der Waals surface area (Å²) in [4.78, 5) is 0. The van der Waals surface area contributed by atoms with Gasteiger partial charge in [-0.25, -0.2) is 0 Å². The van der Waals surface area contributed by atoms with Crippen molar-refractivity contribution in [1.29, 1.82) is 0 Å². The Balaban J connectivity index is 1.95. The number of aromatic hydroxyl groups is 1. The molecule has 2 aromatic carbocycles. The lowest BCUT2D eigenvalue weighted by Gasteiger charge is -2.30. The second-order valence-electron chi connectivity index (χ2n) is 4.64. The number of hydrogen-bond donors (Lipinski definition) is 2. The summed E-state index contributed by atoms with van der Waals surface area (Å²) in [6.45, 7) is 0. The molecule has 98 valence electrons. The molecule has 0 aliphatic carbocycles. The van der Waals surface area contributed by atoms with Crippen molar-refractivity contribution in [2.75, 3.05) is 0 Å². The minimum absolute atomic E-state index is 0.206. The molecule has 2 N–H and O–H groups in total. The molecule has 0 amide bonds. The third kappa shape index (κ3) is 2.46. The van der Waals surface area contributed by atoms with E-state index in [0.717, 1.165) is 15.6 Å². The summed E-state index contributed by atoms with van der Waals surface area (Å²) in [5.41, 5.74) is 1.67. The second kappa shape index (κ2) is 4.87. The van der Waals surface area contributed by atoms with Crippen molar-refractivity contribution in [3.63, 3.8) is 0 Å². The van der Waals surface area contributed by atoms with Crippen molar-refractivity contribution in [2.24, 2.45) is 0 Å². The van der Waals surface area contributed by atoms with Gasteiger partial charge in [0.15, 0.2) is 0 Å². The number of halogens is 1. The summed E-state index contributed by atoms with van der Waals surface area (Å²) in [6.07, 6.45) is -0.322. The van der Waals surface area contributed by atoms with E-state index in [-0.39, 0.29) is 11.9 Å². The van der Waals surface area contributed by atoms with E-state index in [1.54, 1.807) is 18.2 Å². The van der Waals surface area contributed by atoms with Gasteiger partial charge in [0.2, 0.25) is 0 Å². The molecule has 0 bridgehead atoms. The predicted molar refractivity (Wildman–Crippen MR) is 75.2 cm³/mol. The molecule has 2 atom stereocenters. The lowest BCUT2D eigenvalue weighted by Crippen LogP contribution is -2.18. The Hall–Kier alpha value is -1.52. The first-order chi connectivity index (χ1) is 9.13. The van der Waals surface area contributed by atoms with Gasteiger partial charge >= 0.3 is 0 Å². The van der Waals surface area contributed by atoms with Crippen LogP contribution in [0.3, 0.4) is 0 Å². The highest BCUT2D eigenvalue weighted by molar-refractivity contribution is 9.10. The lowest BCUT2D eigenvalue weighted by molar-refractivity contribution is 0.0655. The summed E-state index contributed by atoms with van der Waals surface area (Å²) in [6, 6.07) is 12.6. The Morgan fingerprint density at radius 3 is 2.79 bits per heavy atom. The van der Waals surface area contributed by atoms with Gasteiger partial charge in [0.25, 0.3) is 0 Å². The number of phenols is 1. The van der Waals surface area contributed by atoms with Gasteiger partial charge < -0.3 is 14.9 Å². The van der Waals surface area contributed by atoms with Crippen LogP contribution in [0.25, 0.3) is 0 Å². The average Bonchev–Trinajstić information content (AvgIpc) is 2.39. The number of phenolic OH excluding ortho intramolecular Hbond substituents is 1. The second-order valence-corrected chi connectivity index (χ2v) is 5.55. The van der Waals surface area contributed by atoms with Gasteiger partial charge in [-0.15, -0.1) is 0 Å². The van der Waals surface area contributed by atoms with E-state index >= 15 is 0 Å². The molecule has 3 nitrogen and oxygen atoms in total. The largest absolute Gasteiger partial charge is 0.508 e. The van der Waals surface area contributed by atoms with Gasteiger partial charge in [0.1, 0.15) is 17.6 Å². The van der Waals surface area contributed by atoms with Crippen LogP contribution in [0, 0.1) is 0 Å². The van der Waals surface area contributed by atoms with Crippen LogP contribution in [0.2, 0.25) is 0 Å². The van der Waals surface area contributed by atoms with Crippen LogP contribution in [-0.2, 0) is 0 Å². The van der Waals surface area contributed by atoms with Crippen LogP contribution in [0.4, 0.5) is 0 Å². The molecule has 0 saturated heterocycles. The zero-order chi connectivity index (χ0) is 13.4. The van der Waals surface area contributed by atoms with Gasteiger partial charge in [-0.05, 0) is 35.9 Å². The maximum absolute atomic E-state index is 10.2. The van der Waals surface area contributed by atoms with E-state index in [2.05, 4.69) is 15.9 Å². The monoisotopic (exact) mass is 320 g/mol. The molecule has 0 saturated carbocycles. The van der Waals surface area contributed by atoms with Gasteiger partial charge in [0, 0.05) is 16.5 Å². The fraction of sp³-hybridized carbons (Fsp3) is 0.200. The van der Waals surface area contributed by atoms with Crippen molar-refractivity contribution in [2.45, 2.75) is 18.6 Å². The highest BCUT2D eigenvalue weighted by Crippen LogP contribution is 2.42. The first-order valence-electron chi connectivity index (χ1n) is 6.06. The van der Waals surface area contributed by atoms with Crippen LogP contribution in [0.15, 0.2) is 46.9 Å². The maximum atomic E-state index is 10.2. The van der Waals surface area contributed by atoms with Crippen molar-refractivity contribution in [3.05, 3.63) is 58.1 Å². The van der Waals surface area contributed by atoms with Gasteiger partial charge in [-0.3, -0.25) is 0 Å². The van der Waals surface area contributed by atoms with E-state index < -0.39 is 6.10 Å². The Bertz CT molecular complexity index is 612. The predicted octanol–water partition coefficient (Wildman–Crippen LogP) is 3.71. The lowest BCUT2D eigenvalue weighted by atomic mass is 9.95. The third-order valence-corrected chi connectivity index (χ3v) is 3.77. The topological polar surface area (TPSA) is 49.7 Å². The molecule has 1 heterocycles. The fourth-order valence-electron chi connectivity index (χ4n) is 2.35. The van der Waals surface area contributed by atoms with Crippen LogP contribution < -0.4 is 4.74 Å². The Kier molecular flexibility index (Phi) is 3.21. The molecule has 2 aromatic rings. The molecule has 3 rings (SSSR count). The zero-order valence-corrected chi connectivity index (χ0v) is 11.7. The molecule has 1 unspecified atom stereocenters. The number of aliphatic hydroxyl groups is 1. The van der Waals surface area contributed by atoms with Gasteiger partial charge in [-0.1, -0.05) is 28.1 Å². The minimum atomic E-state index is -0.561. The summed E-state index contributed by atoms with van der Waals surface area (Å²) in [5, 5.41) is 19.7. The summed E-state index contributed by atoms with van der Waals surface area (Å²) < 4.78 is 6.83. The molecule has 19 heavy (non-hydrogen) atoms. The summed E-state index contributed by atoms with van der Waals surface area (Å²) in [5.74, 6) is 0.896. The van der Waals surface area contributed by atoms with E-state index in [9.17, 15) is 10.2 Å². The number of benzene rings is 2. The van der Waals surface area contributed by atoms with Crippen molar-refractivity contribution < 1.29 is 14.9 Å². The molecular weight excluding hydrogens is 308 g/mol. The number of ether oxygens (including phenoxy) is 1. The molecule has 0 fully saturated rings. The normalized spacial score (nSPS) is 21.6. The third-order valence-electron chi connectivity index (χ3n) is 3.28. The fourth-order valence-corrected chi connectivity index (χ4v) is 2.73. The first-order valence-corrected chi connectivity index (χ1v) is 6.86. The standard InChI is InChI=1S/C15H13BrO3/c16-10-4-5-14-12(7-10)13(18)8-15(19-14)9-2-1-3-11(17)6-9/h1-7,13,15,17-18H,8H2/t13-,15?/m0/s1. The van der Waals surface area contributed by atoms with Crippen LogP contribution in [0.1, 0.15) is 29.8 Å². The molecular formula is C15H13BrO3. The Morgan fingerprint density at radius 2 is 2.00 bits per heavy atom. The number of hydrogen-bond acceptors (Lipinski definition) is 3. The average molecular weight is 321 g/mol. The Morgan fingerprint density at radius 1 is 1.16 bits per heavy atom. The molecule has 4 heteroatoms. The minimum Gasteiger partial charge on any atom is -0.508 e. The van der Waals surface area contributed by atoms with Crippen LogP contribution in [0.5, 0.6) is 11.5 Å². The van der Waals surface area contributed by atoms with Gasteiger partial charge in [0.05, 0.1) is 6.10 Å². The number of rotatable bonds is 1. The quantitative estimate of drug-likeness (QED) is 0.842. The van der Waals surface area contributed by atoms with Gasteiger partial charge in [-0.2, -0.15) is 0 Å². The number of aliphatic hydroxyl groups excluding tert-OH is 1. The molecule has 0 radical (unpaired) electrons. The highest BCUT2D eigenvalue weighted by atomic mass is 79.9. The van der Waals surface area contributed by atoms with E-state index in [1.165, 1.54) is 0 Å². The van der Waals surface area contributed by atoms with E-state index in [1.807, 2.05) is 24.3 Å². The molecule has 0 aromatic heterocycles. The van der Waals surface area contributed by atoms with Crippen molar-refractivity contribution in [1.82, 2.24) is 0 Å². The summed E-state index contributed by atoms with van der Waals surface area (Å²) >= 11 is 3.39. The Labute approximate surface area is 119 Å². The van der Waals surface area contributed by atoms with Crippen molar-refractivity contribution >= 4 is 15.9 Å². The maximum Gasteiger partial charge on any atom is 0.127 e. The molecule has 0 spiro atoms. The molecule has 1 aliphatic heterocycles.